The molecule has 0 radical (unpaired) electrons. The van der Waals surface area contributed by atoms with Crippen LogP contribution in [0, 0.1) is 3.57 Å². The molecule has 0 atom stereocenters. The molecule has 3 nitrogen and oxygen atoms in total. The van der Waals surface area contributed by atoms with Crippen molar-refractivity contribution in [1.29, 1.82) is 0 Å². The third kappa shape index (κ3) is 3.33. The largest absolute Gasteiger partial charge is 0.481 e. The van der Waals surface area contributed by atoms with Crippen molar-refractivity contribution in [1.82, 2.24) is 4.98 Å². The normalized spacial score (nSPS) is 11.5. The zero-order valence-corrected chi connectivity index (χ0v) is 9.33. The number of aromatic nitrogens is 1. The van der Waals surface area contributed by atoms with Crippen molar-refractivity contribution in [3.05, 3.63) is 27.1 Å². The van der Waals surface area contributed by atoms with Crippen molar-refractivity contribution in [3.63, 3.8) is 0 Å². The van der Waals surface area contributed by atoms with Gasteiger partial charge in [-0.3, -0.25) is 9.78 Å². The van der Waals surface area contributed by atoms with Crippen LogP contribution in [0.3, 0.4) is 0 Å². The van der Waals surface area contributed by atoms with E-state index < -0.39 is 24.1 Å². The van der Waals surface area contributed by atoms with Gasteiger partial charge in [-0.05, 0) is 28.7 Å². The lowest BCUT2D eigenvalue weighted by Crippen LogP contribution is -2.11. The van der Waals surface area contributed by atoms with E-state index in [2.05, 4.69) is 4.98 Å². The van der Waals surface area contributed by atoms with Crippen LogP contribution in [0.15, 0.2) is 12.3 Å². The molecule has 0 aliphatic carbocycles. The summed E-state index contributed by atoms with van der Waals surface area (Å²) in [5.41, 5.74) is -0.954. The number of alkyl halides is 3. The highest BCUT2D eigenvalue weighted by Gasteiger charge is 2.33. The van der Waals surface area contributed by atoms with Crippen LogP contribution in [0.25, 0.3) is 0 Å². The first-order valence-electron chi connectivity index (χ1n) is 3.74. The van der Waals surface area contributed by atoms with E-state index >= 15 is 0 Å². The van der Waals surface area contributed by atoms with Crippen LogP contribution >= 0.6 is 22.6 Å². The number of hydrogen-bond acceptors (Lipinski definition) is 2. The van der Waals surface area contributed by atoms with Gasteiger partial charge in [0.1, 0.15) is 0 Å². The van der Waals surface area contributed by atoms with E-state index in [9.17, 15) is 18.0 Å². The lowest BCUT2D eigenvalue weighted by Gasteiger charge is -2.09. The van der Waals surface area contributed by atoms with Crippen molar-refractivity contribution >= 4 is 28.6 Å². The monoisotopic (exact) mass is 331 g/mol. The molecule has 0 aliphatic heterocycles. The average Bonchev–Trinajstić information content (AvgIpc) is 2.05. The van der Waals surface area contributed by atoms with Crippen LogP contribution < -0.4 is 0 Å². The van der Waals surface area contributed by atoms with Crippen LogP contribution in [0.5, 0.6) is 0 Å². The van der Waals surface area contributed by atoms with E-state index in [1.54, 1.807) is 0 Å². The Morgan fingerprint density at radius 2 is 2.13 bits per heavy atom. The Balaban J connectivity index is 3.11. The van der Waals surface area contributed by atoms with Gasteiger partial charge in [0.15, 0.2) is 0 Å². The number of hydrogen-bond donors (Lipinski definition) is 1. The summed E-state index contributed by atoms with van der Waals surface area (Å²) in [5, 5.41) is 8.41. The van der Waals surface area contributed by atoms with Crippen molar-refractivity contribution in [2.45, 2.75) is 12.6 Å². The van der Waals surface area contributed by atoms with Crippen molar-refractivity contribution in [2.75, 3.05) is 0 Å². The summed E-state index contributed by atoms with van der Waals surface area (Å²) in [6, 6.07) is 0.760. The highest BCUT2D eigenvalue weighted by molar-refractivity contribution is 14.1. The molecule has 15 heavy (non-hydrogen) atoms. The van der Waals surface area contributed by atoms with Gasteiger partial charge in [-0.2, -0.15) is 13.2 Å². The predicted molar refractivity (Wildman–Crippen MR) is 53.3 cm³/mol. The Labute approximate surface area is 96.5 Å². The van der Waals surface area contributed by atoms with Gasteiger partial charge in [-0.25, -0.2) is 0 Å². The Hall–Kier alpha value is -0.860. The van der Waals surface area contributed by atoms with Gasteiger partial charge in [0.25, 0.3) is 0 Å². The van der Waals surface area contributed by atoms with E-state index in [1.165, 1.54) is 22.6 Å². The van der Waals surface area contributed by atoms with Gasteiger partial charge in [0.2, 0.25) is 0 Å². The fourth-order valence-electron chi connectivity index (χ4n) is 0.951. The molecule has 1 aromatic heterocycles. The van der Waals surface area contributed by atoms with Gasteiger partial charge in [-0.15, -0.1) is 0 Å². The van der Waals surface area contributed by atoms with E-state index in [0.29, 0.717) is 0 Å². The van der Waals surface area contributed by atoms with E-state index in [1.807, 2.05) is 0 Å². The molecule has 82 valence electrons. The minimum atomic E-state index is -4.48. The summed E-state index contributed by atoms with van der Waals surface area (Å²) in [4.78, 5) is 13.9. The van der Waals surface area contributed by atoms with Crippen molar-refractivity contribution in [2.24, 2.45) is 0 Å². The third-order valence-corrected chi connectivity index (χ3v) is 2.41. The molecule has 0 aliphatic rings. The molecular weight excluding hydrogens is 326 g/mol. The predicted octanol–water partition coefficient (Wildman–Crippen LogP) is 2.33. The maximum absolute atomic E-state index is 12.4. The molecule has 0 aromatic carbocycles. The molecule has 0 fully saturated rings. The molecule has 7 heteroatoms. The number of carboxylic acid groups (broad SMARTS) is 1. The molecule has 1 aromatic rings. The number of carboxylic acids is 1. The van der Waals surface area contributed by atoms with Gasteiger partial charge in [0, 0.05) is 9.77 Å². The zero-order valence-electron chi connectivity index (χ0n) is 7.18. The maximum atomic E-state index is 12.4. The first-order chi connectivity index (χ1) is 6.80. The Kier molecular flexibility index (Phi) is 3.53. The summed E-state index contributed by atoms with van der Waals surface area (Å²) >= 11 is 1.51. The lowest BCUT2D eigenvalue weighted by atomic mass is 10.2. The maximum Gasteiger partial charge on any atom is 0.417 e. The number of nitrogens with zero attached hydrogens (tertiary/aromatic N) is 1. The van der Waals surface area contributed by atoms with E-state index in [4.69, 9.17) is 5.11 Å². The molecule has 1 heterocycles. The first-order valence-corrected chi connectivity index (χ1v) is 4.82. The van der Waals surface area contributed by atoms with E-state index in [-0.39, 0.29) is 9.26 Å². The SMILES string of the molecule is O=C(O)Cc1cc(C(F)(F)F)c(I)cn1. The molecule has 0 amide bonds. The second-order valence-corrected chi connectivity index (χ2v) is 3.89. The second kappa shape index (κ2) is 4.33. The zero-order chi connectivity index (χ0) is 11.6. The van der Waals surface area contributed by atoms with Gasteiger partial charge in [-0.1, -0.05) is 0 Å². The number of halogens is 4. The van der Waals surface area contributed by atoms with Crippen LogP contribution in [-0.4, -0.2) is 16.1 Å². The summed E-state index contributed by atoms with van der Waals surface area (Å²) < 4.78 is 37.1. The van der Waals surface area contributed by atoms with Gasteiger partial charge >= 0.3 is 12.1 Å². The van der Waals surface area contributed by atoms with Crippen LogP contribution in [0.1, 0.15) is 11.3 Å². The third-order valence-electron chi connectivity index (χ3n) is 1.55. The topological polar surface area (TPSA) is 50.2 Å². The van der Waals surface area contributed by atoms with Gasteiger partial charge in [0.05, 0.1) is 17.7 Å². The summed E-state index contributed by atoms with van der Waals surface area (Å²) in [6.07, 6.45) is -3.98. The standard InChI is InChI=1S/C8H5F3INO2/c9-8(10,11)5-1-4(2-7(14)15)13-3-6(5)12/h1,3H,2H2,(H,14,15). The van der Waals surface area contributed by atoms with E-state index in [0.717, 1.165) is 12.3 Å². The van der Waals surface area contributed by atoms with Gasteiger partial charge < -0.3 is 5.11 Å². The number of rotatable bonds is 2. The quantitative estimate of drug-likeness (QED) is 0.847. The molecule has 0 saturated carbocycles. The molecule has 0 spiro atoms. The molecular formula is C8H5F3INO2. The summed E-state index contributed by atoms with van der Waals surface area (Å²) in [5.74, 6) is -1.21. The van der Waals surface area contributed by atoms with Crippen LogP contribution in [0.2, 0.25) is 0 Å². The van der Waals surface area contributed by atoms with Crippen LogP contribution in [0.4, 0.5) is 13.2 Å². The minimum absolute atomic E-state index is 0.0470. The molecule has 1 rings (SSSR count). The number of pyridine rings is 1. The number of carbonyl (C=O) groups is 1. The highest BCUT2D eigenvalue weighted by atomic mass is 127. The lowest BCUT2D eigenvalue weighted by molar-refractivity contribution is -0.139. The second-order valence-electron chi connectivity index (χ2n) is 2.72. The molecule has 0 unspecified atom stereocenters. The molecule has 0 saturated heterocycles. The first kappa shape index (κ1) is 12.2. The smallest absolute Gasteiger partial charge is 0.417 e. The van der Waals surface area contributed by atoms with Crippen molar-refractivity contribution in [3.8, 4) is 0 Å². The Morgan fingerprint density at radius 1 is 1.53 bits per heavy atom. The molecule has 1 N–H and O–H groups in total. The fourth-order valence-corrected chi connectivity index (χ4v) is 1.55. The van der Waals surface area contributed by atoms with Crippen molar-refractivity contribution < 1.29 is 23.1 Å². The fraction of sp³-hybridized carbons (Fsp3) is 0.250. The Morgan fingerprint density at radius 3 is 2.60 bits per heavy atom. The van der Waals surface area contributed by atoms with Crippen LogP contribution in [-0.2, 0) is 17.4 Å². The molecule has 0 bridgehead atoms. The summed E-state index contributed by atoms with van der Waals surface area (Å²) in [6.45, 7) is 0. The highest BCUT2D eigenvalue weighted by Crippen LogP contribution is 2.32. The Bertz CT molecular complexity index is 392. The number of aliphatic carboxylic acids is 1. The summed E-state index contributed by atoms with van der Waals surface area (Å²) in [7, 11) is 0. The average molecular weight is 331 g/mol. The minimum Gasteiger partial charge on any atom is -0.481 e.